The van der Waals surface area contributed by atoms with E-state index in [4.69, 9.17) is 15.9 Å². The molecule has 18 heteroatoms. The van der Waals surface area contributed by atoms with Gasteiger partial charge in [-0.2, -0.15) is 0 Å². The summed E-state index contributed by atoms with van der Waals surface area (Å²) < 4.78 is 0. The highest BCUT2D eigenvalue weighted by Crippen LogP contribution is 2.21. The number of carbonyl (C=O) groups excluding carboxylic acids is 7. The van der Waals surface area contributed by atoms with Gasteiger partial charge in [-0.3, -0.25) is 43.2 Å². The summed E-state index contributed by atoms with van der Waals surface area (Å²) in [5.41, 5.74) is 5.58. The number of carbonyl (C=O) groups is 9. The number of Topliss-reactive ketones (excluding diaryl/α,β-unsaturated/α-hetero) is 1. The van der Waals surface area contributed by atoms with Crippen LogP contribution in [0.2, 0.25) is 0 Å². The lowest BCUT2D eigenvalue weighted by molar-refractivity contribution is -0.144. The van der Waals surface area contributed by atoms with E-state index < -0.39 is 121 Å². The van der Waals surface area contributed by atoms with Crippen molar-refractivity contribution in [3.8, 4) is 0 Å². The van der Waals surface area contributed by atoms with Crippen LogP contribution >= 0.6 is 0 Å². The smallest absolute Gasteiger partial charge is 0.305 e. The molecule has 1 fully saturated rings. The third-order valence-electron chi connectivity index (χ3n) is 8.00. The van der Waals surface area contributed by atoms with E-state index in [1.54, 1.807) is 34.6 Å². The molecule has 1 heterocycles. The average Bonchev–Trinajstić information content (AvgIpc) is 3.54. The van der Waals surface area contributed by atoms with E-state index in [0.717, 1.165) is 0 Å². The first kappa shape index (κ1) is 43.2. The van der Waals surface area contributed by atoms with Crippen molar-refractivity contribution in [3.05, 3.63) is 12.7 Å². The van der Waals surface area contributed by atoms with Gasteiger partial charge in [0.05, 0.1) is 18.5 Å². The summed E-state index contributed by atoms with van der Waals surface area (Å²) in [6.07, 6.45) is 0.561. The van der Waals surface area contributed by atoms with Gasteiger partial charge in [0.1, 0.15) is 24.2 Å². The number of nitrogens with two attached hydrogens (primary N) is 1. The predicted molar refractivity (Wildman–Crippen MR) is 178 cm³/mol. The number of carboxylic acids is 2. The zero-order valence-corrected chi connectivity index (χ0v) is 29.2. The minimum atomic E-state index is -1.53. The molecular formula is C32H51N7O11. The van der Waals surface area contributed by atoms with Crippen LogP contribution in [-0.2, 0) is 43.2 Å². The molecule has 1 aliphatic rings. The fraction of sp³-hybridized carbons (Fsp3) is 0.656. The zero-order chi connectivity index (χ0) is 38.3. The van der Waals surface area contributed by atoms with Gasteiger partial charge in [0.25, 0.3) is 5.91 Å². The molecule has 0 aromatic rings. The van der Waals surface area contributed by atoms with Crippen molar-refractivity contribution < 1.29 is 53.4 Å². The number of hydrogen-bond acceptors (Lipinski definition) is 10. The van der Waals surface area contributed by atoms with Gasteiger partial charge in [-0.25, -0.2) is 0 Å². The largest absolute Gasteiger partial charge is 0.481 e. The molecular weight excluding hydrogens is 658 g/mol. The summed E-state index contributed by atoms with van der Waals surface area (Å²) in [7, 11) is 0. The number of likely N-dealkylation sites (tertiary alicyclic amines) is 1. The minimum absolute atomic E-state index is 0.0642. The molecule has 0 aromatic carbocycles. The molecule has 0 aromatic heterocycles. The lowest BCUT2D eigenvalue weighted by atomic mass is 9.98. The third-order valence-corrected chi connectivity index (χ3v) is 8.00. The minimum Gasteiger partial charge on any atom is -0.481 e. The molecule has 18 nitrogen and oxygen atoms in total. The number of carboxylic acid groups (broad SMARTS) is 2. The Balaban J connectivity index is 3.14. The fourth-order valence-corrected chi connectivity index (χ4v) is 5.15. The number of nitrogens with one attached hydrogen (secondary N) is 5. The van der Waals surface area contributed by atoms with Crippen LogP contribution in [-0.4, -0.2) is 118 Å². The van der Waals surface area contributed by atoms with Gasteiger partial charge in [-0.1, -0.05) is 40.7 Å². The third kappa shape index (κ3) is 13.2. The van der Waals surface area contributed by atoms with E-state index in [0.29, 0.717) is 6.42 Å². The van der Waals surface area contributed by atoms with Crippen LogP contribution in [0, 0.1) is 11.8 Å². The standard InChI is InChI=1S/C32H51N7O11/c1-7-13-34-31(49)26(44)19(8-2)35-29(47)21-10-9-14-39(21)32(50)25(17(5)6)38-30(48)24(16(3)4)37-28(46)20(11-12-22(40)41)36-27(45)18(33)15-23(42)43/h7,16-21,24-25H,1,8-15,33H2,2-6H3,(H,34,49)(H,35,47)(H,36,45)(H,37,46)(H,38,48)(H,40,41)(H,42,43)/t18-,19-,20-,21+,24-,25-/m0/s1. The van der Waals surface area contributed by atoms with E-state index >= 15 is 0 Å². The van der Waals surface area contributed by atoms with Crippen LogP contribution in [0.1, 0.15) is 73.1 Å². The predicted octanol–water partition coefficient (Wildman–Crippen LogP) is -1.82. The van der Waals surface area contributed by atoms with Crippen molar-refractivity contribution in [3.63, 3.8) is 0 Å². The van der Waals surface area contributed by atoms with E-state index in [2.05, 4.69) is 33.2 Å². The monoisotopic (exact) mass is 709 g/mol. The van der Waals surface area contributed by atoms with Crippen molar-refractivity contribution in [2.24, 2.45) is 17.6 Å². The number of ketones is 1. The maximum atomic E-state index is 13.8. The summed E-state index contributed by atoms with van der Waals surface area (Å²) in [4.78, 5) is 115. The Morgan fingerprint density at radius 1 is 0.840 bits per heavy atom. The number of amides is 6. The Morgan fingerprint density at radius 2 is 1.44 bits per heavy atom. The summed E-state index contributed by atoms with van der Waals surface area (Å²) in [6, 6.07) is -7.54. The van der Waals surface area contributed by atoms with Gasteiger partial charge in [-0.05, 0) is 37.5 Å². The van der Waals surface area contributed by atoms with Gasteiger partial charge < -0.3 is 47.4 Å². The topological polar surface area (TPSA) is 284 Å². The van der Waals surface area contributed by atoms with E-state index in [-0.39, 0.29) is 25.9 Å². The van der Waals surface area contributed by atoms with E-state index in [9.17, 15) is 43.2 Å². The highest BCUT2D eigenvalue weighted by Gasteiger charge is 2.41. The second-order valence-electron chi connectivity index (χ2n) is 12.7. The van der Waals surface area contributed by atoms with Gasteiger partial charge >= 0.3 is 11.9 Å². The molecule has 0 bridgehead atoms. The van der Waals surface area contributed by atoms with Crippen molar-refractivity contribution in [2.45, 2.75) is 109 Å². The molecule has 0 aliphatic carbocycles. The number of hydrogen-bond donors (Lipinski definition) is 8. The first-order valence-electron chi connectivity index (χ1n) is 16.5. The maximum Gasteiger partial charge on any atom is 0.305 e. The SMILES string of the molecule is C=CCNC(=O)C(=O)[C@H](CC)NC(=O)[C@H]1CCCN1C(=O)[C@@H](NC(=O)[C@@H](NC(=O)[C@H](CCC(=O)O)NC(=O)[C@@H](N)CC(=O)O)C(C)C)C(C)C. The second kappa shape index (κ2) is 20.6. The molecule has 1 aliphatic heterocycles. The Morgan fingerprint density at radius 3 is 1.96 bits per heavy atom. The van der Waals surface area contributed by atoms with E-state index in [1.165, 1.54) is 11.0 Å². The molecule has 6 atom stereocenters. The number of rotatable bonds is 21. The second-order valence-corrected chi connectivity index (χ2v) is 12.7. The molecule has 0 radical (unpaired) electrons. The molecule has 1 saturated heterocycles. The Bertz CT molecular complexity index is 1300. The van der Waals surface area contributed by atoms with Crippen molar-refractivity contribution in [2.75, 3.05) is 13.1 Å². The highest BCUT2D eigenvalue weighted by atomic mass is 16.4. The molecule has 6 amide bonds. The van der Waals surface area contributed by atoms with Crippen molar-refractivity contribution in [1.29, 1.82) is 0 Å². The zero-order valence-electron chi connectivity index (χ0n) is 29.2. The summed E-state index contributed by atoms with van der Waals surface area (Å²) >= 11 is 0. The molecule has 0 saturated carbocycles. The molecule has 50 heavy (non-hydrogen) atoms. The van der Waals surface area contributed by atoms with Gasteiger partial charge in [0.15, 0.2) is 0 Å². The normalized spacial score (nSPS) is 17.0. The van der Waals surface area contributed by atoms with Crippen LogP contribution in [0.25, 0.3) is 0 Å². The van der Waals surface area contributed by atoms with Gasteiger partial charge in [0.2, 0.25) is 35.3 Å². The first-order valence-corrected chi connectivity index (χ1v) is 16.5. The van der Waals surface area contributed by atoms with Crippen LogP contribution < -0.4 is 32.3 Å². The first-order chi connectivity index (χ1) is 23.4. The number of aliphatic carboxylic acids is 2. The number of nitrogens with zero attached hydrogens (tertiary/aromatic N) is 1. The lowest BCUT2D eigenvalue weighted by Crippen LogP contribution is -2.61. The molecule has 0 spiro atoms. The summed E-state index contributed by atoms with van der Waals surface area (Å²) in [5, 5.41) is 30.4. The van der Waals surface area contributed by atoms with Crippen LogP contribution in [0.4, 0.5) is 0 Å². The van der Waals surface area contributed by atoms with E-state index in [1.807, 2.05) is 0 Å². The maximum absolute atomic E-state index is 13.8. The highest BCUT2D eigenvalue weighted by molar-refractivity contribution is 6.38. The Labute approximate surface area is 290 Å². The molecule has 9 N–H and O–H groups in total. The van der Waals surface area contributed by atoms with Crippen molar-refractivity contribution >= 4 is 53.2 Å². The summed E-state index contributed by atoms with van der Waals surface area (Å²) in [6.45, 7) is 11.9. The van der Waals surface area contributed by atoms with Gasteiger partial charge in [-0.15, -0.1) is 6.58 Å². The Kier molecular flexibility index (Phi) is 17.8. The summed E-state index contributed by atoms with van der Waals surface area (Å²) in [5.74, 6) is -9.36. The molecule has 1 rings (SSSR count). The average molecular weight is 710 g/mol. The van der Waals surface area contributed by atoms with Crippen LogP contribution in [0.5, 0.6) is 0 Å². The quantitative estimate of drug-likeness (QED) is 0.0483. The van der Waals surface area contributed by atoms with Crippen LogP contribution in [0.15, 0.2) is 12.7 Å². The Hall–Kier alpha value is -4.87. The molecule has 0 unspecified atom stereocenters. The lowest BCUT2D eigenvalue weighted by Gasteiger charge is -2.33. The van der Waals surface area contributed by atoms with Gasteiger partial charge in [0, 0.05) is 19.5 Å². The molecule has 280 valence electrons. The van der Waals surface area contributed by atoms with Crippen molar-refractivity contribution in [1.82, 2.24) is 31.5 Å². The fourth-order valence-electron chi connectivity index (χ4n) is 5.15. The van der Waals surface area contributed by atoms with Crippen LogP contribution in [0.3, 0.4) is 0 Å².